The number of carboxylic acid groups (broad SMARTS) is 1. The highest BCUT2D eigenvalue weighted by molar-refractivity contribution is 6.31. The van der Waals surface area contributed by atoms with Gasteiger partial charge in [0.25, 0.3) is 0 Å². The van der Waals surface area contributed by atoms with E-state index in [4.69, 9.17) is 16.7 Å². The predicted octanol–water partition coefficient (Wildman–Crippen LogP) is 1.51. The molecule has 1 atom stereocenters. The molecule has 1 aliphatic heterocycles. The number of anilines is 1. The van der Waals surface area contributed by atoms with Gasteiger partial charge in [-0.05, 0) is 24.6 Å². The minimum Gasteiger partial charge on any atom is -0.480 e. The van der Waals surface area contributed by atoms with Crippen molar-refractivity contribution in [2.45, 2.75) is 13.0 Å². The number of hydrogen-bond acceptors (Lipinski definition) is 3. The van der Waals surface area contributed by atoms with E-state index in [1.807, 2.05) is 30.0 Å². The van der Waals surface area contributed by atoms with Crippen LogP contribution in [-0.4, -0.2) is 36.8 Å². The van der Waals surface area contributed by atoms with Gasteiger partial charge in [0.05, 0.1) is 0 Å². The molecule has 0 radical (unpaired) electrons. The molecule has 4 nitrogen and oxygen atoms in total. The molecule has 0 saturated carbocycles. The van der Waals surface area contributed by atoms with Gasteiger partial charge in [0.1, 0.15) is 6.04 Å². The van der Waals surface area contributed by atoms with Gasteiger partial charge in [0.15, 0.2) is 0 Å². The molecule has 1 fully saturated rings. The van der Waals surface area contributed by atoms with Crippen molar-refractivity contribution in [2.75, 3.05) is 24.5 Å². The molecule has 0 bridgehead atoms. The molecule has 0 aliphatic carbocycles. The van der Waals surface area contributed by atoms with E-state index in [0.717, 1.165) is 17.8 Å². The van der Waals surface area contributed by atoms with Crippen LogP contribution in [0.25, 0.3) is 0 Å². The van der Waals surface area contributed by atoms with Crippen molar-refractivity contribution in [3.05, 3.63) is 28.8 Å². The monoisotopic (exact) mass is 254 g/mol. The molecular weight excluding hydrogens is 240 g/mol. The van der Waals surface area contributed by atoms with Crippen molar-refractivity contribution >= 4 is 23.3 Å². The molecular formula is C12H15ClN2O2. The third-order valence-corrected chi connectivity index (χ3v) is 3.40. The Morgan fingerprint density at radius 2 is 2.35 bits per heavy atom. The summed E-state index contributed by atoms with van der Waals surface area (Å²) in [7, 11) is 0. The molecule has 0 aromatic heterocycles. The number of piperazine rings is 1. The van der Waals surface area contributed by atoms with E-state index in [1.54, 1.807) is 0 Å². The fourth-order valence-corrected chi connectivity index (χ4v) is 2.10. The van der Waals surface area contributed by atoms with E-state index >= 15 is 0 Å². The molecule has 1 saturated heterocycles. The lowest BCUT2D eigenvalue weighted by molar-refractivity contribution is -0.139. The van der Waals surface area contributed by atoms with Crippen molar-refractivity contribution in [1.82, 2.24) is 5.32 Å². The van der Waals surface area contributed by atoms with Crippen LogP contribution in [0.5, 0.6) is 0 Å². The summed E-state index contributed by atoms with van der Waals surface area (Å²) in [5, 5.41) is 12.7. The van der Waals surface area contributed by atoms with E-state index in [2.05, 4.69) is 5.32 Å². The predicted molar refractivity (Wildman–Crippen MR) is 67.8 cm³/mol. The standard InChI is InChI=1S/C12H15ClN2O2/c1-8-2-3-9(6-10(8)13)15-5-4-14-11(7-15)12(16)17/h2-3,6,11,14H,4-5,7H2,1H3,(H,16,17). The maximum absolute atomic E-state index is 10.9. The van der Waals surface area contributed by atoms with Crippen LogP contribution < -0.4 is 10.2 Å². The highest BCUT2D eigenvalue weighted by Gasteiger charge is 2.24. The summed E-state index contributed by atoms with van der Waals surface area (Å²) in [6.07, 6.45) is 0. The van der Waals surface area contributed by atoms with Gasteiger partial charge in [0, 0.05) is 30.3 Å². The van der Waals surface area contributed by atoms with Gasteiger partial charge >= 0.3 is 5.97 Å². The molecule has 17 heavy (non-hydrogen) atoms. The third kappa shape index (κ3) is 2.70. The Balaban J connectivity index is 2.16. The number of aryl methyl sites for hydroxylation is 1. The summed E-state index contributed by atoms with van der Waals surface area (Å²) in [6.45, 7) is 3.88. The summed E-state index contributed by atoms with van der Waals surface area (Å²) in [4.78, 5) is 13.0. The van der Waals surface area contributed by atoms with Crippen LogP contribution in [0.15, 0.2) is 18.2 Å². The van der Waals surface area contributed by atoms with Crippen LogP contribution in [-0.2, 0) is 4.79 Å². The number of rotatable bonds is 2. The molecule has 0 amide bonds. The summed E-state index contributed by atoms with van der Waals surface area (Å²) < 4.78 is 0. The van der Waals surface area contributed by atoms with Gasteiger partial charge < -0.3 is 15.3 Å². The van der Waals surface area contributed by atoms with Gasteiger partial charge in [-0.2, -0.15) is 0 Å². The van der Waals surface area contributed by atoms with E-state index in [9.17, 15) is 4.79 Å². The first-order valence-electron chi connectivity index (χ1n) is 5.55. The van der Waals surface area contributed by atoms with Gasteiger partial charge in [-0.1, -0.05) is 17.7 Å². The minimum absolute atomic E-state index is 0.467. The number of nitrogens with one attached hydrogen (secondary N) is 1. The maximum Gasteiger partial charge on any atom is 0.322 e. The second kappa shape index (κ2) is 4.94. The van der Waals surface area contributed by atoms with Gasteiger partial charge in [0.2, 0.25) is 0 Å². The molecule has 1 heterocycles. The zero-order valence-electron chi connectivity index (χ0n) is 9.61. The first kappa shape index (κ1) is 12.2. The number of carboxylic acids is 1. The van der Waals surface area contributed by atoms with E-state index in [1.165, 1.54) is 0 Å². The van der Waals surface area contributed by atoms with E-state index < -0.39 is 12.0 Å². The van der Waals surface area contributed by atoms with Crippen molar-refractivity contribution < 1.29 is 9.90 Å². The summed E-state index contributed by atoms with van der Waals surface area (Å²) in [5.41, 5.74) is 2.01. The van der Waals surface area contributed by atoms with Gasteiger partial charge in [-0.15, -0.1) is 0 Å². The molecule has 1 aliphatic rings. The maximum atomic E-state index is 10.9. The van der Waals surface area contributed by atoms with Crippen LogP contribution in [0.3, 0.4) is 0 Å². The Morgan fingerprint density at radius 1 is 1.59 bits per heavy atom. The zero-order valence-corrected chi connectivity index (χ0v) is 10.4. The lowest BCUT2D eigenvalue weighted by Gasteiger charge is -2.33. The average molecular weight is 255 g/mol. The third-order valence-electron chi connectivity index (χ3n) is 2.99. The molecule has 2 rings (SSSR count). The first-order chi connectivity index (χ1) is 8.08. The van der Waals surface area contributed by atoms with Crippen LogP contribution >= 0.6 is 11.6 Å². The number of aliphatic carboxylic acids is 1. The lowest BCUT2D eigenvalue weighted by Crippen LogP contribution is -2.54. The molecule has 92 valence electrons. The van der Waals surface area contributed by atoms with Crippen LogP contribution in [0, 0.1) is 6.92 Å². The van der Waals surface area contributed by atoms with Crippen LogP contribution in [0.2, 0.25) is 5.02 Å². The Hall–Kier alpha value is -1.26. The fourth-order valence-electron chi connectivity index (χ4n) is 1.93. The van der Waals surface area contributed by atoms with Crippen molar-refractivity contribution in [2.24, 2.45) is 0 Å². The second-order valence-corrected chi connectivity index (χ2v) is 4.63. The topological polar surface area (TPSA) is 52.6 Å². The Labute approximate surface area is 105 Å². The number of carbonyl (C=O) groups is 1. The number of nitrogens with zero attached hydrogens (tertiary/aromatic N) is 1. The quantitative estimate of drug-likeness (QED) is 0.840. The van der Waals surface area contributed by atoms with E-state index in [-0.39, 0.29) is 0 Å². The molecule has 2 N–H and O–H groups in total. The zero-order chi connectivity index (χ0) is 12.4. The van der Waals surface area contributed by atoms with E-state index in [0.29, 0.717) is 18.1 Å². The number of halogens is 1. The minimum atomic E-state index is -0.812. The molecule has 5 heteroatoms. The largest absolute Gasteiger partial charge is 0.480 e. The summed E-state index contributed by atoms with van der Waals surface area (Å²) in [5.74, 6) is -0.812. The fraction of sp³-hybridized carbons (Fsp3) is 0.417. The normalized spacial score (nSPS) is 20.4. The molecule has 1 aromatic rings. The van der Waals surface area contributed by atoms with Gasteiger partial charge in [-0.3, -0.25) is 4.79 Å². The van der Waals surface area contributed by atoms with Crippen molar-refractivity contribution in [3.8, 4) is 0 Å². The molecule has 1 unspecified atom stereocenters. The number of hydrogen-bond donors (Lipinski definition) is 2. The lowest BCUT2D eigenvalue weighted by atomic mass is 10.1. The highest BCUT2D eigenvalue weighted by atomic mass is 35.5. The van der Waals surface area contributed by atoms with Gasteiger partial charge in [-0.25, -0.2) is 0 Å². The van der Waals surface area contributed by atoms with Crippen molar-refractivity contribution in [1.29, 1.82) is 0 Å². The summed E-state index contributed by atoms with van der Waals surface area (Å²) >= 11 is 6.07. The Morgan fingerprint density at radius 3 is 3.00 bits per heavy atom. The Kier molecular flexibility index (Phi) is 3.54. The average Bonchev–Trinajstić information content (AvgIpc) is 2.33. The van der Waals surface area contributed by atoms with Crippen LogP contribution in [0.4, 0.5) is 5.69 Å². The Bertz CT molecular complexity index is 437. The highest BCUT2D eigenvalue weighted by Crippen LogP contribution is 2.23. The smallest absolute Gasteiger partial charge is 0.322 e. The number of benzene rings is 1. The second-order valence-electron chi connectivity index (χ2n) is 4.22. The molecule has 0 spiro atoms. The van der Waals surface area contributed by atoms with Crippen LogP contribution in [0.1, 0.15) is 5.56 Å². The molecule has 1 aromatic carbocycles. The SMILES string of the molecule is Cc1ccc(N2CCNC(C(=O)O)C2)cc1Cl. The van der Waals surface area contributed by atoms with Crippen molar-refractivity contribution in [3.63, 3.8) is 0 Å². The summed E-state index contributed by atoms with van der Waals surface area (Å²) in [6, 6.07) is 5.31. The first-order valence-corrected chi connectivity index (χ1v) is 5.93.